The van der Waals surface area contributed by atoms with E-state index in [4.69, 9.17) is 0 Å². The predicted octanol–water partition coefficient (Wildman–Crippen LogP) is 6.06. The minimum Gasteiger partial charge on any atom is -0.303 e. The van der Waals surface area contributed by atoms with E-state index in [1.165, 1.54) is 64.3 Å². The van der Waals surface area contributed by atoms with Gasteiger partial charge in [0.25, 0.3) is 0 Å². The molecule has 5 atom stereocenters. The van der Waals surface area contributed by atoms with Gasteiger partial charge in [0.15, 0.2) is 0 Å². The second-order valence-corrected chi connectivity index (χ2v) is 10.2. The van der Waals surface area contributed by atoms with Crippen LogP contribution in [0.4, 0.5) is 0 Å². The van der Waals surface area contributed by atoms with E-state index >= 15 is 0 Å². The van der Waals surface area contributed by atoms with Crippen LogP contribution in [0.15, 0.2) is 0 Å². The minimum atomic E-state index is 0. The summed E-state index contributed by atoms with van der Waals surface area (Å²) in [6.45, 7) is 11.1. The summed E-state index contributed by atoms with van der Waals surface area (Å²) in [6.07, 6.45) is 13.0. The van der Waals surface area contributed by atoms with Gasteiger partial charge in [0.1, 0.15) is 0 Å². The smallest absolute Gasteiger partial charge is 0.00985 e. The van der Waals surface area contributed by atoms with Crippen molar-refractivity contribution in [1.82, 2.24) is 9.80 Å². The zero-order valence-corrected chi connectivity index (χ0v) is 17.9. The molecule has 1 aliphatic carbocycles. The van der Waals surface area contributed by atoms with Gasteiger partial charge in [-0.2, -0.15) is 0 Å². The highest BCUT2D eigenvalue weighted by Gasteiger charge is 2.43. The molecule has 4 bridgehead atoms. The molecule has 0 amide bonds. The second-order valence-electron chi connectivity index (χ2n) is 10.2. The van der Waals surface area contributed by atoms with E-state index in [2.05, 4.69) is 51.6 Å². The molecule has 2 nitrogen and oxygen atoms in total. The fourth-order valence-corrected chi connectivity index (χ4v) is 6.43. The normalized spacial score (nSPS) is 39.9. The van der Waals surface area contributed by atoms with Crippen molar-refractivity contribution < 1.29 is 0 Å². The third-order valence-electron chi connectivity index (χ3n) is 9.16. The fraction of sp³-hybridized carbons (Fsp3) is 1.00. The number of hydrogen-bond donors (Lipinski definition) is 0. The summed E-state index contributed by atoms with van der Waals surface area (Å²) in [5, 5.41) is 0. The summed E-state index contributed by atoms with van der Waals surface area (Å²) in [6, 6.07) is 2.75. The third kappa shape index (κ3) is 4.32. The SMILES string of the molecule is C.CC1CC2CCC1CN2C.CCC(C)(CC)C1CC2CCC(C1)N2C. The average Bonchev–Trinajstić information content (AvgIpc) is 2.83. The van der Waals surface area contributed by atoms with Crippen LogP contribution in [-0.2, 0) is 0 Å². The fourth-order valence-electron chi connectivity index (χ4n) is 6.43. The van der Waals surface area contributed by atoms with Crippen LogP contribution in [0.5, 0.6) is 0 Å². The van der Waals surface area contributed by atoms with Crippen LogP contribution in [0.3, 0.4) is 0 Å². The monoisotopic (exact) mass is 364 g/mol. The molecule has 0 N–H and O–H groups in total. The van der Waals surface area contributed by atoms with E-state index in [-0.39, 0.29) is 7.43 Å². The Morgan fingerprint density at radius 3 is 1.73 bits per heavy atom. The summed E-state index contributed by atoms with van der Waals surface area (Å²) >= 11 is 0. The molecule has 2 heteroatoms. The molecular weight excluding hydrogens is 316 g/mol. The van der Waals surface area contributed by atoms with Crippen molar-refractivity contribution in [2.75, 3.05) is 20.6 Å². The van der Waals surface area contributed by atoms with Gasteiger partial charge in [0.2, 0.25) is 0 Å². The topological polar surface area (TPSA) is 6.48 Å². The van der Waals surface area contributed by atoms with Crippen molar-refractivity contribution in [2.24, 2.45) is 23.2 Å². The third-order valence-corrected chi connectivity index (χ3v) is 9.16. The Kier molecular flexibility index (Phi) is 7.64. The lowest BCUT2D eigenvalue weighted by molar-refractivity contribution is 0.0310. The van der Waals surface area contributed by atoms with Gasteiger partial charge in [-0.3, -0.25) is 0 Å². The average molecular weight is 365 g/mol. The number of rotatable bonds is 3. The molecule has 5 aliphatic rings. The summed E-state index contributed by atoms with van der Waals surface area (Å²) in [5.41, 5.74) is 0.613. The van der Waals surface area contributed by atoms with E-state index in [1.807, 2.05) is 0 Å². The Balaban J connectivity index is 0.000000193. The van der Waals surface area contributed by atoms with Crippen molar-refractivity contribution in [2.45, 2.75) is 111 Å². The van der Waals surface area contributed by atoms with Crippen LogP contribution < -0.4 is 0 Å². The van der Waals surface area contributed by atoms with Crippen LogP contribution >= 0.6 is 0 Å². The quantitative estimate of drug-likeness (QED) is 0.600. The van der Waals surface area contributed by atoms with E-state index in [9.17, 15) is 0 Å². The molecule has 154 valence electrons. The highest BCUT2D eigenvalue weighted by Crippen LogP contribution is 2.47. The number of fused-ring (bicyclic) bond motifs is 5. The van der Waals surface area contributed by atoms with Crippen molar-refractivity contribution in [3.05, 3.63) is 0 Å². The van der Waals surface area contributed by atoms with E-state index in [0.717, 1.165) is 35.9 Å². The van der Waals surface area contributed by atoms with Crippen LogP contribution in [0.2, 0.25) is 0 Å². The molecule has 5 unspecified atom stereocenters. The van der Waals surface area contributed by atoms with E-state index < -0.39 is 0 Å². The van der Waals surface area contributed by atoms with Crippen LogP contribution in [0.1, 0.15) is 92.9 Å². The Morgan fingerprint density at radius 1 is 0.846 bits per heavy atom. The number of piperidine rings is 3. The maximum Gasteiger partial charge on any atom is 0.00985 e. The van der Waals surface area contributed by atoms with Crippen LogP contribution in [-0.4, -0.2) is 48.6 Å². The van der Waals surface area contributed by atoms with Gasteiger partial charge < -0.3 is 9.80 Å². The number of nitrogens with zero attached hydrogens (tertiary/aromatic N) is 2. The van der Waals surface area contributed by atoms with Gasteiger partial charge in [-0.15, -0.1) is 0 Å². The van der Waals surface area contributed by atoms with Gasteiger partial charge in [-0.05, 0) is 82.2 Å². The maximum absolute atomic E-state index is 2.66. The molecule has 1 saturated carbocycles. The highest BCUT2D eigenvalue weighted by molar-refractivity contribution is 4.97. The molecule has 0 spiro atoms. The standard InChI is InChI=1S/C14H27N.C9H17N.CH4/c1-5-14(3,6-2)11-9-12-7-8-13(10-11)15(12)4;1-7-5-9-4-3-8(7)6-10(9)2;/h11-13H,5-10H2,1-4H3;7-9H,3-6H2,1-2H3;1H4. The van der Waals surface area contributed by atoms with Crippen LogP contribution in [0.25, 0.3) is 0 Å². The number of hydrogen-bond acceptors (Lipinski definition) is 2. The van der Waals surface area contributed by atoms with Gasteiger partial charge >= 0.3 is 0 Å². The van der Waals surface area contributed by atoms with Gasteiger partial charge in [0, 0.05) is 24.7 Å². The molecule has 0 aromatic carbocycles. The Bertz CT molecular complexity index is 400. The first kappa shape index (κ1) is 22.2. The zero-order valence-electron chi connectivity index (χ0n) is 17.9. The van der Waals surface area contributed by atoms with E-state index in [0.29, 0.717) is 5.41 Å². The molecule has 5 rings (SSSR count). The van der Waals surface area contributed by atoms with Crippen molar-refractivity contribution >= 4 is 0 Å². The molecule has 0 radical (unpaired) electrons. The summed E-state index contributed by atoms with van der Waals surface area (Å²) in [5.74, 6) is 3.02. The lowest BCUT2D eigenvalue weighted by atomic mass is 9.67. The highest BCUT2D eigenvalue weighted by atomic mass is 15.2. The summed E-state index contributed by atoms with van der Waals surface area (Å²) in [4.78, 5) is 5.20. The molecule has 0 aromatic heterocycles. The van der Waals surface area contributed by atoms with E-state index in [1.54, 1.807) is 0 Å². The lowest BCUT2D eigenvalue weighted by Gasteiger charge is -2.47. The minimum absolute atomic E-state index is 0. The van der Waals surface area contributed by atoms with Crippen LogP contribution in [0, 0.1) is 23.2 Å². The molecule has 4 aliphatic heterocycles. The van der Waals surface area contributed by atoms with Crippen molar-refractivity contribution in [3.8, 4) is 0 Å². The second kappa shape index (κ2) is 8.95. The van der Waals surface area contributed by atoms with Crippen molar-refractivity contribution in [1.29, 1.82) is 0 Å². The predicted molar refractivity (Wildman–Crippen MR) is 116 cm³/mol. The molecular formula is C24H48N2. The molecule has 0 aromatic rings. The maximum atomic E-state index is 2.66. The van der Waals surface area contributed by atoms with Gasteiger partial charge in [-0.1, -0.05) is 48.0 Å². The molecule has 5 fully saturated rings. The molecule has 26 heavy (non-hydrogen) atoms. The van der Waals surface area contributed by atoms with Gasteiger partial charge in [-0.25, -0.2) is 0 Å². The Labute approximate surface area is 165 Å². The molecule has 4 heterocycles. The summed E-state index contributed by atoms with van der Waals surface area (Å²) < 4.78 is 0. The van der Waals surface area contributed by atoms with Gasteiger partial charge in [0.05, 0.1) is 0 Å². The Hall–Kier alpha value is -0.0800. The Morgan fingerprint density at radius 2 is 1.38 bits per heavy atom. The first-order valence-corrected chi connectivity index (χ1v) is 11.3. The van der Waals surface area contributed by atoms with Crippen molar-refractivity contribution in [3.63, 3.8) is 0 Å². The first-order valence-electron chi connectivity index (χ1n) is 11.3. The first-order chi connectivity index (χ1) is 11.9. The molecule has 4 saturated heterocycles. The largest absolute Gasteiger partial charge is 0.303 e. The lowest BCUT2D eigenvalue weighted by Crippen LogP contribution is -2.49. The zero-order chi connectivity index (χ0) is 18.2. The summed E-state index contributed by atoms with van der Waals surface area (Å²) in [7, 11) is 4.62.